The number of carbonyl (C=O) groups excluding carboxylic acids is 1. The summed E-state index contributed by atoms with van der Waals surface area (Å²) in [6.45, 7) is 12.3. The number of unbranched alkanes of at least 4 members (excludes halogenated alkanes) is 1. The number of pyridine rings is 1. The minimum Gasteiger partial charge on any atom is -0.490 e. The molecule has 2 aromatic rings. The lowest BCUT2D eigenvalue weighted by Gasteiger charge is -2.20. The fourth-order valence-electron chi connectivity index (χ4n) is 3.34. The van der Waals surface area contributed by atoms with Crippen molar-refractivity contribution in [2.45, 2.75) is 70.9 Å². The lowest BCUT2D eigenvalue weighted by atomic mass is 9.87. The van der Waals surface area contributed by atoms with Crippen LogP contribution in [-0.2, 0) is 25.7 Å². The highest BCUT2D eigenvalue weighted by Crippen LogP contribution is 2.25. The van der Waals surface area contributed by atoms with E-state index in [4.69, 9.17) is 9.47 Å². The summed E-state index contributed by atoms with van der Waals surface area (Å²) in [6, 6.07) is 11.8. The molecular weight excluding hydrogens is 480 g/mol. The molecule has 0 aliphatic heterocycles. The SMILES string of the molecule is CCCCS(=O)CC(COc1ccc(C(C)(C)C)cc1)OC(=O)CSc1nc(C)cc(C)c1C#N. The fourth-order valence-corrected chi connectivity index (χ4v) is 5.58. The Bertz CT molecular complexity index is 1060. The third-order valence-electron chi connectivity index (χ3n) is 5.30. The van der Waals surface area contributed by atoms with Crippen molar-refractivity contribution in [2.24, 2.45) is 0 Å². The third-order valence-corrected chi connectivity index (χ3v) is 7.74. The average molecular weight is 517 g/mol. The van der Waals surface area contributed by atoms with Gasteiger partial charge >= 0.3 is 5.97 Å². The maximum Gasteiger partial charge on any atom is 0.316 e. The van der Waals surface area contributed by atoms with Crippen LogP contribution in [0, 0.1) is 25.2 Å². The Kier molecular flexibility index (Phi) is 11.3. The van der Waals surface area contributed by atoms with E-state index in [0.717, 1.165) is 24.1 Å². The van der Waals surface area contributed by atoms with Crippen LogP contribution >= 0.6 is 11.8 Å². The van der Waals surface area contributed by atoms with Crippen LogP contribution in [0.4, 0.5) is 0 Å². The molecule has 0 aliphatic rings. The zero-order valence-corrected chi connectivity index (χ0v) is 23.2. The van der Waals surface area contributed by atoms with Crippen LogP contribution < -0.4 is 4.74 Å². The molecular formula is C27H36N2O4S2. The van der Waals surface area contributed by atoms with Gasteiger partial charge in [-0.3, -0.25) is 9.00 Å². The summed E-state index contributed by atoms with van der Waals surface area (Å²) in [4.78, 5) is 17.0. The van der Waals surface area contributed by atoms with Gasteiger partial charge in [0, 0.05) is 22.2 Å². The molecule has 1 aromatic carbocycles. The van der Waals surface area contributed by atoms with Gasteiger partial charge in [0.25, 0.3) is 0 Å². The maximum atomic E-state index is 12.6. The number of thioether (sulfide) groups is 1. The predicted molar refractivity (Wildman–Crippen MR) is 142 cm³/mol. The molecule has 0 aliphatic carbocycles. The van der Waals surface area contributed by atoms with Gasteiger partial charge in [-0.2, -0.15) is 5.26 Å². The van der Waals surface area contributed by atoms with Crippen molar-refractivity contribution in [3.63, 3.8) is 0 Å². The molecule has 0 saturated carbocycles. The number of nitriles is 1. The van der Waals surface area contributed by atoms with E-state index in [1.54, 1.807) is 0 Å². The summed E-state index contributed by atoms with van der Waals surface area (Å²) < 4.78 is 24.1. The van der Waals surface area contributed by atoms with Crippen LogP contribution in [0.25, 0.3) is 0 Å². The predicted octanol–water partition coefficient (Wildman–Crippen LogP) is 5.50. The maximum absolute atomic E-state index is 12.6. The van der Waals surface area contributed by atoms with Crippen molar-refractivity contribution < 1.29 is 18.5 Å². The van der Waals surface area contributed by atoms with E-state index in [1.807, 2.05) is 51.1 Å². The van der Waals surface area contributed by atoms with Crippen molar-refractivity contribution in [1.29, 1.82) is 5.26 Å². The molecule has 0 bridgehead atoms. The Hall–Kier alpha value is -2.37. The van der Waals surface area contributed by atoms with Crippen LogP contribution in [0.2, 0.25) is 0 Å². The summed E-state index contributed by atoms with van der Waals surface area (Å²) in [7, 11) is -1.11. The number of carbonyl (C=O) groups is 1. The molecule has 0 spiro atoms. The second-order valence-corrected chi connectivity index (χ2v) is 12.1. The van der Waals surface area contributed by atoms with Gasteiger partial charge in [0.05, 0.1) is 17.1 Å². The zero-order chi connectivity index (χ0) is 26.0. The second-order valence-electron chi connectivity index (χ2n) is 9.52. The Labute approximate surface area is 216 Å². The van der Waals surface area contributed by atoms with Gasteiger partial charge in [-0.15, -0.1) is 0 Å². The topological polar surface area (TPSA) is 89.3 Å². The smallest absolute Gasteiger partial charge is 0.316 e. The number of rotatable bonds is 12. The number of aromatic nitrogens is 1. The van der Waals surface area contributed by atoms with Gasteiger partial charge in [-0.05, 0) is 55.0 Å². The highest BCUT2D eigenvalue weighted by atomic mass is 32.2. The zero-order valence-electron chi connectivity index (χ0n) is 21.6. The lowest BCUT2D eigenvalue weighted by Crippen LogP contribution is -2.32. The molecule has 6 nitrogen and oxygen atoms in total. The number of esters is 1. The molecule has 0 saturated heterocycles. The largest absolute Gasteiger partial charge is 0.490 e. The molecule has 0 amide bonds. The first-order chi connectivity index (χ1) is 16.5. The Morgan fingerprint density at radius 1 is 1.23 bits per heavy atom. The van der Waals surface area contributed by atoms with Crippen molar-refractivity contribution in [1.82, 2.24) is 4.98 Å². The van der Waals surface area contributed by atoms with Crippen molar-refractivity contribution in [3.05, 3.63) is 52.7 Å². The van der Waals surface area contributed by atoms with E-state index in [2.05, 4.69) is 31.8 Å². The minimum atomic E-state index is -1.11. The first kappa shape index (κ1) is 28.9. The van der Waals surface area contributed by atoms with Crippen LogP contribution in [0.15, 0.2) is 35.4 Å². The van der Waals surface area contributed by atoms with Gasteiger partial charge in [-0.25, -0.2) is 4.98 Å². The van der Waals surface area contributed by atoms with E-state index in [1.165, 1.54) is 17.3 Å². The third kappa shape index (κ3) is 9.65. The standard InChI is InChI=1S/C27H36N2O4S2/c1-7-8-13-35(31)18-23(16-32-22-11-9-21(10-12-22)27(4,5)6)33-25(30)17-34-26-24(15-28)19(2)14-20(3)29-26/h9-12,14,23H,7-8,13,16-18H2,1-6H3. The van der Waals surface area contributed by atoms with E-state index in [9.17, 15) is 14.3 Å². The van der Waals surface area contributed by atoms with Crippen molar-refractivity contribution >= 4 is 28.5 Å². The van der Waals surface area contributed by atoms with Crippen LogP contribution in [0.5, 0.6) is 5.75 Å². The molecule has 2 rings (SSSR count). The average Bonchev–Trinajstić information content (AvgIpc) is 2.79. The molecule has 0 fully saturated rings. The Balaban J connectivity index is 2.03. The molecule has 35 heavy (non-hydrogen) atoms. The summed E-state index contributed by atoms with van der Waals surface area (Å²) in [5.41, 5.74) is 3.31. The molecule has 1 aromatic heterocycles. The van der Waals surface area contributed by atoms with E-state index >= 15 is 0 Å². The normalized spacial score (nSPS) is 13.1. The number of hydrogen-bond donors (Lipinski definition) is 0. The van der Waals surface area contributed by atoms with Gasteiger partial charge in [0.15, 0.2) is 0 Å². The quantitative estimate of drug-likeness (QED) is 0.272. The summed E-state index contributed by atoms with van der Waals surface area (Å²) in [5.74, 6) is 1.01. The van der Waals surface area contributed by atoms with Gasteiger partial charge in [0.1, 0.15) is 29.6 Å². The first-order valence-electron chi connectivity index (χ1n) is 11.8. The van der Waals surface area contributed by atoms with Crippen LogP contribution in [0.1, 0.15) is 62.9 Å². The monoisotopic (exact) mass is 516 g/mol. The van der Waals surface area contributed by atoms with E-state index in [-0.39, 0.29) is 23.5 Å². The molecule has 1 heterocycles. The minimum absolute atomic E-state index is 0.00292. The molecule has 0 N–H and O–H groups in total. The summed E-state index contributed by atoms with van der Waals surface area (Å²) in [6.07, 6.45) is 1.17. The van der Waals surface area contributed by atoms with Crippen LogP contribution in [0.3, 0.4) is 0 Å². The summed E-state index contributed by atoms with van der Waals surface area (Å²) in [5, 5.41) is 9.95. The first-order valence-corrected chi connectivity index (χ1v) is 14.3. The number of benzene rings is 1. The number of ether oxygens (including phenoxy) is 2. The number of aryl methyl sites for hydroxylation is 2. The second kappa shape index (κ2) is 13.6. The summed E-state index contributed by atoms with van der Waals surface area (Å²) >= 11 is 1.18. The highest BCUT2D eigenvalue weighted by Gasteiger charge is 2.20. The molecule has 2 atom stereocenters. The Morgan fingerprint density at radius 2 is 1.91 bits per heavy atom. The highest BCUT2D eigenvalue weighted by molar-refractivity contribution is 7.99. The molecule has 8 heteroatoms. The number of nitrogens with zero attached hydrogens (tertiary/aromatic N) is 2. The lowest BCUT2D eigenvalue weighted by molar-refractivity contribution is -0.146. The van der Waals surface area contributed by atoms with Gasteiger partial charge < -0.3 is 9.47 Å². The van der Waals surface area contributed by atoms with E-state index < -0.39 is 22.9 Å². The molecule has 2 unspecified atom stereocenters. The number of hydrogen-bond acceptors (Lipinski definition) is 7. The van der Waals surface area contributed by atoms with Crippen molar-refractivity contribution in [2.75, 3.05) is 23.9 Å². The molecule has 190 valence electrons. The molecule has 0 radical (unpaired) electrons. The van der Waals surface area contributed by atoms with Gasteiger partial charge in [0.2, 0.25) is 0 Å². The van der Waals surface area contributed by atoms with Gasteiger partial charge in [-0.1, -0.05) is 58.0 Å². The Morgan fingerprint density at radius 3 is 2.51 bits per heavy atom. The van der Waals surface area contributed by atoms with Crippen LogP contribution in [-0.4, -0.2) is 45.1 Å². The van der Waals surface area contributed by atoms with Crippen molar-refractivity contribution in [3.8, 4) is 11.8 Å². The fraction of sp³-hybridized carbons (Fsp3) is 0.519. The van der Waals surface area contributed by atoms with E-state index in [0.29, 0.717) is 22.1 Å².